The van der Waals surface area contributed by atoms with Crippen LogP contribution in [0.15, 0.2) is 0 Å². The van der Waals surface area contributed by atoms with Crippen molar-refractivity contribution in [2.45, 2.75) is 25.9 Å². The van der Waals surface area contributed by atoms with Gasteiger partial charge in [0.1, 0.15) is 0 Å². The molecule has 0 aromatic rings. The van der Waals surface area contributed by atoms with Crippen molar-refractivity contribution in [1.82, 2.24) is 5.06 Å². The van der Waals surface area contributed by atoms with Crippen LogP contribution in [0, 0.1) is 0 Å². The highest BCUT2D eigenvalue weighted by Gasteiger charge is 2.34. The summed E-state index contributed by atoms with van der Waals surface area (Å²) in [6.45, 7) is 1.26. The summed E-state index contributed by atoms with van der Waals surface area (Å²) in [5.74, 6) is -2.03. The van der Waals surface area contributed by atoms with Gasteiger partial charge in [-0.05, 0) is 6.92 Å². The smallest absolute Gasteiger partial charge is 0.466 e. The Labute approximate surface area is 96.4 Å². The number of methoxy groups -OCH3 is 1. The molecule has 94 valence electrons. The van der Waals surface area contributed by atoms with Gasteiger partial charge in [-0.3, -0.25) is 14.4 Å². The van der Waals surface area contributed by atoms with Gasteiger partial charge in [0.25, 0.3) is 11.8 Å². The molecule has 0 aromatic heterocycles. The monoisotopic (exact) mass is 245 g/mol. The minimum Gasteiger partial charge on any atom is -0.466 e. The normalized spacial score (nSPS) is 16.7. The first-order valence-corrected chi connectivity index (χ1v) is 4.78. The zero-order chi connectivity index (χ0) is 13.0. The second-order valence-electron chi connectivity index (χ2n) is 3.21. The Balaban J connectivity index is 2.47. The summed E-state index contributed by atoms with van der Waals surface area (Å²) < 4.78 is 8.79. The number of hydroxylamine groups is 2. The van der Waals surface area contributed by atoms with Gasteiger partial charge >= 0.3 is 12.1 Å². The van der Waals surface area contributed by atoms with Crippen molar-refractivity contribution in [3.8, 4) is 0 Å². The molecule has 0 spiro atoms. The van der Waals surface area contributed by atoms with Gasteiger partial charge < -0.3 is 9.47 Å². The van der Waals surface area contributed by atoms with Crippen molar-refractivity contribution < 1.29 is 33.5 Å². The third-order valence-electron chi connectivity index (χ3n) is 1.98. The van der Waals surface area contributed by atoms with Crippen LogP contribution in [-0.2, 0) is 28.7 Å². The standard InChI is InChI=1S/C9H11NO7/c1-5(8(13)15-2)16-9(14)17-10-6(11)3-4-7(10)12/h5H,3-4H2,1-2H3/t5-/m0/s1. The maximum atomic E-state index is 11.1. The van der Waals surface area contributed by atoms with E-state index in [2.05, 4.69) is 14.3 Å². The SMILES string of the molecule is COC(=O)[C@H](C)OC(=O)ON1C(=O)CCC1=O. The first-order chi connectivity index (χ1) is 7.95. The average Bonchev–Trinajstić information content (AvgIpc) is 2.59. The fourth-order valence-electron chi connectivity index (χ4n) is 1.11. The molecule has 0 aliphatic carbocycles. The predicted molar refractivity (Wildman–Crippen MR) is 50.1 cm³/mol. The highest BCUT2D eigenvalue weighted by Crippen LogP contribution is 2.13. The summed E-state index contributed by atoms with van der Waals surface area (Å²) in [6, 6.07) is 0. The Morgan fingerprint density at radius 3 is 2.24 bits per heavy atom. The van der Waals surface area contributed by atoms with Crippen LogP contribution in [0.5, 0.6) is 0 Å². The lowest BCUT2D eigenvalue weighted by Gasteiger charge is -2.14. The number of carbonyl (C=O) groups excluding carboxylic acids is 4. The van der Waals surface area contributed by atoms with Gasteiger partial charge in [0.05, 0.1) is 7.11 Å². The molecule has 1 aliphatic heterocycles. The van der Waals surface area contributed by atoms with Crippen LogP contribution in [0.3, 0.4) is 0 Å². The molecule has 1 fully saturated rings. The number of hydrogen-bond acceptors (Lipinski definition) is 7. The van der Waals surface area contributed by atoms with E-state index in [0.717, 1.165) is 7.11 Å². The number of imide groups is 1. The Hall–Kier alpha value is -2.12. The minimum atomic E-state index is -1.31. The highest BCUT2D eigenvalue weighted by molar-refractivity contribution is 6.01. The fourth-order valence-corrected chi connectivity index (χ4v) is 1.11. The summed E-state index contributed by atoms with van der Waals surface area (Å²) in [7, 11) is 1.13. The number of amides is 2. The quantitative estimate of drug-likeness (QED) is 0.500. The molecule has 0 aromatic carbocycles. The van der Waals surface area contributed by atoms with E-state index in [-0.39, 0.29) is 12.8 Å². The Morgan fingerprint density at radius 1 is 1.24 bits per heavy atom. The van der Waals surface area contributed by atoms with Gasteiger partial charge in [0, 0.05) is 12.8 Å². The zero-order valence-corrected chi connectivity index (χ0v) is 9.30. The summed E-state index contributed by atoms with van der Waals surface area (Å²) in [5, 5.41) is 0.326. The third kappa shape index (κ3) is 3.16. The second-order valence-corrected chi connectivity index (χ2v) is 3.21. The maximum absolute atomic E-state index is 11.1. The molecular formula is C9H11NO7. The molecule has 1 heterocycles. The minimum absolute atomic E-state index is 0.0152. The predicted octanol–water partition coefficient (Wildman–Crippen LogP) is -0.235. The van der Waals surface area contributed by atoms with Gasteiger partial charge in [0.2, 0.25) is 0 Å². The van der Waals surface area contributed by atoms with Gasteiger partial charge in [-0.1, -0.05) is 5.06 Å². The third-order valence-corrected chi connectivity index (χ3v) is 1.98. The molecule has 8 heteroatoms. The van der Waals surface area contributed by atoms with Crippen molar-refractivity contribution in [1.29, 1.82) is 0 Å². The van der Waals surface area contributed by atoms with E-state index < -0.39 is 30.0 Å². The topological polar surface area (TPSA) is 99.2 Å². The summed E-state index contributed by atoms with van der Waals surface area (Å²) in [5.41, 5.74) is 0. The fraction of sp³-hybridized carbons (Fsp3) is 0.556. The van der Waals surface area contributed by atoms with Gasteiger partial charge in [-0.2, -0.15) is 0 Å². The number of ether oxygens (including phenoxy) is 2. The Morgan fingerprint density at radius 2 is 1.76 bits per heavy atom. The number of carbonyl (C=O) groups is 4. The first kappa shape index (κ1) is 12.9. The molecule has 0 saturated carbocycles. The first-order valence-electron chi connectivity index (χ1n) is 4.78. The number of esters is 1. The van der Waals surface area contributed by atoms with Crippen LogP contribution in [0.2, 0.25) is 0 Å². The van der Waals surface area contributed by atoms with E-state index in [4.69, 9.17) is 0 Å². The molecule has 1 aliphatic rings. The molecular weight excluding hydrogens is 234 g/mol. The lowest BCUT2D eigenvalue weighted by molar-refractivity contribution is -0.180. The van der Waals surface area contributed by atoms with E-state index in [1.807, 2.05) is 0 Å². The molecule has 0 N–H and O–H groups in total. The highest BCUT2D eigenvalue weighted by atomic mass is 16.8. The van der Waals surface area contributed by atoms with Crippen LogP contribution in [0.4, 0.5) is 4.79 Å². The largest absolute Gasteiger partial charge is 0.534 e. The lowest BCUT2D eigenvalue weighted by Crippen LogP contribution is -2.34. The van der Waals surface area contributed by atoms with E-state index >= 15 is 0 Å². The van der Waals surface area contributed by atoms with E-state index in [0.29, 0.717) is 5.06 Å². The van der Waals surface area contributed by atoms with Crippen LogP contribution in [0.25, 0.3) is 0 Å². The second kappa shape index (κ2) is 5.28. The molecule has 0 bridgehead atoms. The average molecular weight is 245 g/mol. The molecule has 0 radical (unpaired) electrons. The Bertz CT molecular complexity index is 348. The maximum Gasteiger partial charge on any atom is 0.534 e. The van der Waals surface area contributed by atoms with Crippen molar-refractivity contribution in [2.75, 3.05) is 7.11 Å². The van der Waals surface area contributed by atoms with Gasteiger partial charge in [-0.15, -0.1) is 0 Å². The molecule has 2 amide bonds. The van der Waals surface area contributed by atoms with Gasteiger partial charge in [0.15, 0.2) is 6.10 Å². The van der Waals surface area contributed by atoms with Crippen molar-refractivity contribution in [3.05, 3.63) is 0 Å². The van der Waals surface area contributed by atoms with Crippen LogP contribution >= 0.6 is 0 Å². The van der Waals surface area contributed by atoms with E-state index in [1.54, 1.807) is 0 Å². The van der Waals surface area contributed by atoms with Crippen LogP contribution in [-0.4, -0.2) is 42.2 Å². The molecule has 17 heavy (non-hydrogen) atoms. The van der Waals surface area contributed by atoms with Crippen molar-refractivity contribution >= 4 is 23.9 Å². The van der Waals surface area contributed by atoms with E-state index in [1.165, 1.54) is 6.92 Å². The Kier molecular flexibility index (Phi) is 4.02. The van der Waals surface area contributed by atoms with Crippen molar-refractivity contribution in [3.63, 3.8) is 0 Å². The summed E-state index contributed by atoms with van der Waals surface area (Å²) >= 11 is 0. The van der Waals surface area contributed by atoms with Crippen LogP contribution < -0.4 is 0 Å². The molecule has 1 saturated heterocycles. The molecule has 8 nitrogen and oxygen atoms in total. The van der Waals surface area contributed by atoms with Gasteiger partial charge in [-0.25, -0.2) is 9.59 Å². The number of nitrogens with zero attached hydrogens (tertiary/aromatic N) is 1. The molecule has 1 rings (SSSR count). The summed E-state index contributed by atoms with van der Waals surface area (Å²) in [4.78, 5) is 48.6. The van der Waals surface area contributed by atoms with Crippen molar-refractivity contribution in [2.24, 2.45) is 0 Å². The zero-order valence-electron chi connectivity index (χ0n) is 9.30. The summed E-state index contributed by atoms with van der Waals surface area (Å²) in [6.07, 6.45) is -2.52. The molecule has 1 atom stereocenters. The van der Waals surface area contributed by atoms with E-state index in [9.17, 15) is 19.2 Å². The molecule has 0 unspecified atom stereocenters. The van der Waals surface area contributed by atoms with Crippen LogP contribution in [0.1, 0.15) is 19.8 Å². The number of rotatable bonds is 3. The lowest BCUT2D eigenvalue weighted by atomic mass is 10.4. The number of hydrogen-bond donors (Lipinski definition) is 0.